The molecule has 0 atom stereocenters. The molecular weight excluding hydrogens is 412 g/mol. The van der Waals surface area contributed by atoms with Crippen molar-refractivity contribution < 1.29 is 32.2 Å². The van der Waals surface area contributed by atoms with E-state index in [0.29, 0.717) is 39.5 Å². The van der Waals surface area contributed by atoms with Crippen LogP contribution in [0, 0.1) is 0 Å². The van der Waals surface area contributed by atoms with Gasteiger partial charge in [-0.1, -0.05) is 11.6 Å². The number of nitrogens with zero attached hydrogens (tertiary/aromatic N) is 2. The van der Waals surface area contributed by atoms with Crippen LogP contribution in [0.1, 0.15) is 10.4 Å². The van der Waals surface area contributed by atoms with E-state index in [2.05, 4.69) is 0 Å². The maximum atomic E-state index is 12.8. The Labute approximate surface area is 168 Å². The minimum absolute atomic E-state index is 0.00557. The van der Waals surface area contributed by atoms with Crippen molar-refractivity contribution in [2.24, 2.45) is 0 Å². The zero-order valence-electron chi connectivity index (χ0n) is 15.1. The minimum atomic E-state index is -3.87. The molecule has 2 saturated heterocycles. The van der Waals surface area contributed by atoms with Crippen LogP contribution in [0.2, 0.25) is 5.02 Å². The van der Waals surface area contributed by atoms with Gasteiger partial charge in [0.15, 0.2) is 6.61 Å². The van der Waals surface area contributed by atoms with Crippen molar-refractivity contribution in [3.63, 3.8) is 0 Å². The van der Waals surface area contributed by atoms with E-state index in [4.69, 9.17) is 25.8 Å². The summed E-state index contributed by atoms with van der Waals surface area (Å²) in [6.45, 7) is 2.36. The largest absolute Gasteiger partial charge is 0.452 e. The molecule has 154 valence electrons. The van der Waals surface area contributed by atoms with E-state index in [9.17, 15) is 18.0 Å². The molecule has 2 aliphatic rings. The average Bonchev–Trinajstić information content (AvgIpc) is 2.73. The van der Waals surface area contributed by atoms with Gasteiger partial charge in [0.2, 0.25) is 10.0 Å². The molecular formula is C17H21ClN2O7S. The molecule has 0 bridgehead atoms. The van der Waals surface area contributed by atoms with Crippen LogP contribution in [0.4, 0.5) is 0 Å². The van der Waals surface area contributed by atoms with Crippen molar-refractivity contribution in [2.45, 2.75) is 4.90 Å². The molecule has 2 heterocycles. The summed E-state index contributed by atoms with van der Waals surface area (Å²) in [4.78, 5) is 25.8. The lowest BCUT2D eigenvalue weighted by Crippen LogP contribution is -2.42. The summed E-state index contributed by atoms with van der Waals surface area (Å²) in [6.07, 6.45) is 0. The quantitative estimate of drug-likeness (QED) is 0.619. The predicted molar refractivity (Wildman–Crippen MR) is 98.7 cm³/mol. The van der Waals surface area contributed by atoms with Gasteiger partial charge >= 0.3 is 5.97 Å². The van der Waals surface area contributed by atoms with Crippen LogP contribution >= 0.6 is 11.6 Å². The highest BCUT2D eigenvalue weighted by molar-refractivity contribution is 7.89. The number of halogens is 1. The molecule has 1 aromatic carbocycles. The lowest BCUT2D eigenvalue weighted by molar-refractivity contribution is -0.138. The zero-order valence-corrected chi connectivity index (χ0v) is 16.7. The van der Waals surface area contributed by atoms with Crippen LogP contribution < -0.4 is 0 Å². The number of carbonyl (C=O) groups excluding carboxylic acids is 2. The summed E-state index contributed by atoms with van der Waals surface area (Å²) in [5.74, 6) is -1.12. The van der Waals surface area contributed by atoms with E-state index in [1.54, 1.807) is 4.90 Å². The second-order valence-corrected chi connectivity index (χ2v) is 8.54. The van der Waals surface area contributed by atoms with Gasteiger partial charge in [0.05, 0.1) is 37.0 Å². The summed E-state index contributed by atoms with van der Waals surface area (Å²) >= 11 is 6.07. The van der Waals surface area contributed by atoms with Gasteiger partial charge in [0.25, 0.3) is 5.91 Å². The second kappa shape index (κ2) is 9.19. The van der Waals surface area contributed by atoms with Gasteiger partial charge < -0.3 is 19.1 Å². The molecule has 0 unspecified atom stereocenters. The van der Waals surface area contributed by atoms with Gasteiger partial charge in [-0.25, -0.2) is 13.2 Å². The number of sulfonamides is 1. The molecule has 9 nitrogen and oxygen atoms in total. The number of benzene rings is 1. The number of rotatable bonds is 5. The highest BCUT2D eigenvalue weighted by atomic mass is 35.5. The lowest BCUT2D eigenvalue weighted by atomic mass is 10.2. The smallest absolute Gasteiger partial charge is 0.338 e. The number of hydrogen-bond acceptors (Lipinski definition) is 7. The van der Waals surface area contributed by atoms with E-state index in [-0.39, 0.29) is 34.5 Å². The number of amides is 1. The molecule has 0 spiro atoms. The fourth-order valence-electron chi connectivity index (χ4n) is 2.87. The second-order valence-electron chi connectivity index (χ2n) is 6.23. The van der Waals surface area contributed by atoms with Crippen molar-refractivity contribution in [3.8, 4) is 0 Å². The summed E-state index contributed by atoms with van der Waals surface area (Å²) in [6, 6.07) is 3.87. The maximum Gasteiger partial charge on any atom is 0.338 e. The number of carbonyl (C=O) groups is 2. The van der Waals surface area contributed by atoms with E-state index in [1.807, 2.05) is 0 Å². The Bertz CT molecular complexity index is 834. The monoisotopic (exact) mass is 432 g/mol. The first-order chi connectivity index (χ1) is 13.4. The molecule has 28 heavy (non-hydrogen) atoms. The first kappa shape index (κ1) is 21.0. The Morgan fingerprint density at radius 1 is 1.04 bits per heavy atom. The van der Waals surface area contributed by atoms with Crippen LogP contribution in [0.3, 0.4) is 0 Å². The van der Waals surface area contributed by atoms with E-state index in [1.165, 1.54) is 22.5 Å². The van der Waals surface area contributed by atoms with E-state index < -0.39 is 22.6 Å². The lowest BCUT2D eigenvalue weighted by Gasteiger charge is -2.27. The molecule has 0 aromatic heterocycles. The first-order valence-corrected chi connectivity index (χ1v) is 10.6. The Kier molecular flexibility index (Phi) is 6.89. The molecule has 3 rings (SSSR count). The summed E-state index contributed by atoms with van der Waals surface area (Å²) in [7, 11) is -3.87. The Balaban J connectivity index is 1.69. The fourth-order valence-corrected chi connectivity index (χ4v) is 4.78. The van der Waals surface area contributed by atoms with Crippen LogP contribution in [-0.2, 0) is 29.0 Å². The third-order valence-electron chi connectivity index (χ3n) is 4.45. The Hall–Kier alpha value is -1.72. The van der Waals surface area contributed by atoms with Gasteiger partial charge in [-0.2, -0.15) is 4.31 Å². The molecule has 1 amide bonds. The number of ether oxygens (including phenoxy) is 3. The first-order valence-electron chi connectivity index (χ1n) is 8.79. The Morgan fingerprint density at radius 3 is 2.29 bits per heavy atom. The van der Waals surface area contributed by atoms with Crippen molar-refractivity contribution >= 4 is 33.5 Å². The third kappa shape index (κ3) is 4.81. The van der Waals surface area contributed by atoms with E-state index in [0.717, 1.165) is 0 Å². The van der Waals surface area contributed by atoms with E-state index >= 15 is 0 Å². The third-order valence-corrected chi connectivity index (χ3v) is 6.83. The fraction of sp³-hybridized carbons (Fsp3) is 0.529. The number of esters is 1. The zero-order chi connectivity index (χ0) is 20.1. The Morgan fingerprint density at radius 2 is 1.64 bits per heavy atom. The van der Waals surface area contributed by atoms with Crippen molar-refractivity contribution in [2.75, 3.05) is 59.2 Å². The highest BCUT2D eigenvalue weighted by Crippen LogP contribution is 2.26. The topological polar surface area (TPSA) is 102 Å². The molecule has 1 aromatic rings. The van der Waals surface area contributed by atoms with Crippen LogP contribution in [0.25, 0.3) is 0 Å². The van der Waals surface area contributed by atoms with Crippen molar-refractivity contribution in [1.82, 2.24) is 9.21 Å². The molecule has 11 heteroatoms. The van der Waals surface area contributed by atoms with Gasteiger partial charge in [-0.05, 0) is 18.2 Å². The normalized spacial score (nSPS) is 18.7. The molecule has 0 radical (unpaired) electrons. The molecule has 0 saturated carbocycles. The minimum Gasteiger partial charge on any atom is -0.452 e. The summed E-state index contributed by atoms with van der Waals surface area (Å²) in [5, 5.41) is 0.00688. The van der Waals surface area contributed by atoms with Crippen LogP contribution in [0.5, 0.6) is 0 Å². The molecule has 2 fully saturated rings. The molecule has 2 aliphatic heterocycles. The molecule has 0 N–H and O–H groups in total. The van der Waals surface area contributed by atoms with Crippen LogP contribution in [-0.4, -0.2) is 88.7 Å². The predicted octanol–water partition coefficient (Wildman–Crippen LogP) is 0.377. The standard InChI is InChI=1S/C17H21ClN2O7S/c18-14-2-1-13(11-15(14)28(23,24)20-5-9-26-10-6-20)17(22)27-12-16(21)19-3-7-25-8-4-19/h1-2,11H,3-10,12H2. The SMILES string of the molecule is O=C(OCC(=O)N1CCOCC1)c1ccc(Cl)c(S(=O)(=O)N2CCOCC2)c1. The highest BCUT2D eigenvalue weighted by Gasteiger charge is 2.29. The molecule has 0 aliphatic carbocycles. The van der Waals surface area contributed by atoms with Crippen molar-refractivity contribution in [3.05, 3.63) is 28.8 Å². The summed E-state index contributed by atoms with van der Waals surface area (Å²) < 4.78 is 42.3. The van der Waals surface area contributed by atoms with Gasteiger partial charge in [0, 0.05) is 26.2 Å². The van der Waals surface area contributed by atoms with Gasteiger partial charge in [-0.15, -0.1) is 0 Å². The van der Waals surface area contributed by atoms with Crippen LogP contribution in [0.15, 0.2) is 23.1 Å². The summed E-state index contributed by atoms with van der Waals surface area (Å²) in [5.41, 5.74) is 0.00557. The number of hydrogen-bond donors (Lipinski definition) is 0. The average molecular weight is 433 g/mol. The maximum absolute atomic E-state index is 12.8. The van der Waals surface area contributed by atoms with Gasteiger partial charge in [-0.3, -0.25) is 4.79 Å². The van der Waals surface area contributed by atoms with Gasteiger partial charge in [0.1, 0.15) is 4.90 Å². The van der Waals surface area contributed by atoms with Crippen molar-refractivity contribution in [1.29, 1.82) is 0 Å². The number of morpholine rings is 2.